The van der Waals surface area contributed by atoms with E-state index in [9.17, 15) is 14.4 Å². The van der Waals surface area contributed by atoms with Gasteiger partial charge >= 0.3 is 17.9 Å². The Balaban J connectivity index is 4.38. The largest absolute Gasteiger partial charge is 0.462 e. The molecule has 0 saturated carbocycles. The molecule has 0 aliphatic rings. The van der Waals surface area contributed by atoms with Crippen LogP contribution < -0.4 is 0 Å². The third-order valence-corrected chi connectivity index (χ3v) is 11.7. The average Bonchev–Trinajstić information content (AvgIpc) is 3.29. The Morgan fingerprint density at radius 3 is 1.06 bits per heavy atom. The molecule has 64 heavy (non-hydrogen) atoms. The van der Waals surface area contributed by atoms with E-state index in [2.05, 4.69) is 81.5 Å². The number of ether oxygens (including phenoxy) is 3. The summed E-state index contributed by atoms with van der Waals surface area (Å²) in [6, 6.07) is 0. The monoisotopic (exact) mass is 895 g/mol. The van der Waals surface area contributed by atoms with Crippen molar-refractivity contribution in [1.29, 1.82) is 0 Å². The maximum atomic E-state index is 12.8. The number of hydrogen-bond acceptors (Lipinski definition) is 6. The topological polar surface area (TPSA) is 78.9 Å². The highest BCUT2D eigenvalue weighted by molar-refractivity contribution is 5.71. The lowest BCUT2D eigenvalue weighted by Crippen LogP contribution is -2.30. The number of rotatable bonds is 49. The average molecular weight is 895 g/mol. The summed E-state index contributed by atoms with van der Waals surface area (Å²) in [7, 11) is 0. The predicted octanol–water partition coefficient (Wildman–Crippen LogP) is 18.0. The van der Waals surface area contributed by atoms with Gasteiger partial charge in [-0.15, -0.1) is 0 Å². The highest BCUT2D eigenvalue weighted by Gasteiger charge is 2.19. The van der Waals surface area contributed by atoms with Crippen molar-refractivity contribution in [3.8, 4) is 0 Å². The molecule has 0 heterocycles. The molecule has 0 aliphatic carbocycles. The van der Waals surface area contributed by atoms with Gasteiger partial charge in [-0.2, -0.15) is 0 Å². The van der Waals surface area contributed by atoms with Gasteiger partial charge in [0, 0.05) is 19.3 Å². The summed E-state index contributed by atoms with van der Waals surface area (Å²) >= 11 is 0. The summed E-state index contributed by atoms with van der Waals surface area (Å²) in [4.78, 5) is 38.0. The van der Waals surface area contributed by atoms with Crippen LogP contribution in [-0.4, -0.2) is 37.2 Å². The summed E-state index contributed by atoms with van der Waals surface area (Å²) in [6.07, 6.45) is 64.9. The quantitative estimate of drug-likeness (QED) is 0.0199. The summed E-state index contributed by atoms with van der Waals surface area (Å²) < 4.78 is 16.8. The van der Waals surface area contributed by atoms with Crippen LogP contribution in [0.5, 0.6) is 0 Å². The number of carbonyl (C=O) groups is 3. The zero-order valence-electron chi connectivity index (χ0n) is 42.3. The van der Waals surface area contributed by atoms with E-state index in [0.29, 0.717) is 19.3 Å². The highest BCUT2D eigenvalue weighted by Crippen LogP contribution is 2.15. The van der Waals surface area contributed by atoms with Gasteiger partial charge in [0.2, 0.25) is 0 Å². The summed E-state index contributed by atoms with van der Waals surface area (Å²) in [5.41, 5.74) is 0. The molecule has 0 aromatic rings. The van der Waals surface area contributed by atoms with Crippen LogP contribution in [0.15, 0.2) is 60.8 Å². The van der Waals surface area contributed by atoms with Gasteiger partial charge in [-0.1, -0.05) is 216 Å². The number of hydrogen-bond donors (Lipinski definition) is 0. The number of carbonyl (C=O) groups excluding carboxylic acids is 3. The molecule has 0 amide bonds. The Hall–Kier alpha value is -2.89. The van der Waals surface area contributed by atoms with E-state index < -0.39 is 6.10 Å². The minimum atomic E-state index is -0.792. The van der Waals surface area contributed by atoms with E-state index in [1.807, 2.05) is 0 Å². The van der Waals surface area contributed by atoms with Crippen LogP contribution in [0.2, 0.25) is 0 Å². The second-order valence-electron chi connectivity index (χ2n) is 18.2. The van der Waals surface area contributed by atoms with Gasteiger partial charge in [-0.3, -0.25) is 14.4 Å². The van der Waals surface area contributed by atoms with Crippen molar-refractivity contribution in [3.63, 3.8) is 0 Å². The summed E-state index contributed by atoms with van der Waals surface area (Å²) in [5, 5.41) is 0. The van der Waals surface area contributed by atoms with Crippen LogP contribution in [0.4, 0.5) is 0 Å². The molecule has 0 aliphatic heterocycles. The maximum Gasteiger partial charge on any atom is 0.306 e. The molecule has 0 spiro atoms. The molecule has 0 radical (unpaired) electrons. The van der Waals surface area contributed by atoms with Crippen molar-refractivity contribution in [2.45, 2.75) is 277 Å². The lowest BCUT2D eigenvalue weighted by Gasteiger charge is -2.18. The first-order chi connectivity index (χ1) is 31.5. The minimum absolute atomic E-state index is 0.0899. The van der Waals surface area contributed by atoms with Crippen LogP contribution in [0.25, 0.3) is 0 Å². The fourth-order valence-corrected chi connectivity index (χ4v) is 7.56. The number of unbranched alkanes of at least 4 members (excludes halogenated alkanes) is 29. The van der Waals surface area contributed by atoms with Gasteiger partial charge in [-0.05, 0) is 96.3 Å². The van der Waals surface area contributed by atoms with Gasteiger partial charge < -0.3 is 14.2 Å². The molecule has 1 atom stereocenters. The fourth-order valence-electron chi connectivity index (χ4n) is 7.56. The van der Waals surface area contributed by atoms with Gasteiger partial charge in [0.15, 0.2) is 6.10 Å². The third-order valence-electron chi connectivity index (χ3n) is 11.7. The first-order valence-corrected chi connectivity index (χ1v) is 27.3. The van der Waals surface area contributed by atoms with Crippen LogP contribution >= 0.6 is 0 Å². The Bertz CT molecular complexity index is 1170. The molecule has 0 aromatic heterocycles. The number of allylic oxidation sites excluding steroid dienone is 10. The molecule has 370 valence electrons. The van der Waals surface area contributed by atoms with Crippen LogP contribution in [0, 0.1) is 0 Å². The molecule has 0 bridgehead atoms. The Kier molecular flexibility index (Phi) is 50.4. The normalized spacial score (nSPS) is 12.5. The molecule has 0 N–H and O–H groups in total. The van der Waals surface area contributed by atoms with Gasteiger partial charge in [0.25, 0.3) is 0 Å². The fraction of sp³-hybridized carbons (Fsp3) is 0.776. The molecule has 1 unspecified atom stereocenters. The number of esters is 3. The zero-order valence-corrected chi connectivity index (χ0v) is 42.3. The van der Waals surface area contributed by atoms with E-state index >= 15 is 0 Å². The van der Waals surface area contributed by atoms with Crippen molar-refractivity contribution in [3.05, 3.63) is 60.8 Å². The molecular formula is C58H102O6. The van der Waals surface area contributed by atoms with E-state index in [-0.39, 0.29) is 31.1 Å². The summed E-state index contributed by atoms with van der Waals surface area (Å²) in [6.45, 7) is 6.54. The van der Waals surface area contributed by atoms with Crippen LogP contribution in [0.1, 0.15) is 271 Å². The molecule has 0 fully saturated rings. The molecule has 0 saturated heterocycles. The second-order valence-corrected chi connectivity index (χ2v) is 18.2. The molecule has 6 heteroatoms. The maximum absolute atomic E-state index is 12.8. The Labute approximate surface area is 396 Å². The van der Waals surface area contributed by atoms with E-state index in [1.54, 1.807) is 0 Å². The smallest absolute Gasteiger partial charge is 0.306 e. The zero-order chi connectivity index (χ0) is 46.5. The second kappa shape index (κ2) is 52.7. The van der Waals surface area contributed by atoms with E-state index in [4.69, 9.17) is 14.2 Å². The van der Waals surface area contributed by atoms with Gasteiger partial charge in [0.1, 0.15) is 13.2 Å². The molecule has 6 nitrogen and oxygen atoms in total. The lowest BCUT2D eigenvalue weighted by atomic mass is 10.1. The highest BCUT2D eigenvalue weighted by atomic mass is 16.6. The predicted molar refractivity (Wildman–Crippen MR) is 275 cm³/mol. The van der Waals surface area contributed by atoms with Crippen molar-refractivity contribution in [2.24, 2.45) is 0 Å². The summed E-state index contributed by atoms with van der Waals surface area (Å²) in [5.74, 6) is -0.928. The van der Waals surface area contributed by atoms with Crippen molar-refractivity contribution in [2.75, 3.05) is 13.2 Å². The Morgan fingerprint density at radius 1 is 0.328 bits per heavy atom. The first-order valence-electron chi connectivity index (χ1n) is 27.3. The van der Waals surface area contributed by atoms with Gasteiger partial charge in [0.05, 0.1) is 0 Å². The van der Waals surface area contributed by atoms with Crippen molar-refractivity contribution < 1.29 is 28.6 Å². The standard InChI is InChI=1S/C58H102O6/c1-4-7-10-13-16-19-22-24-26-28-30-31-33-36-39-42-45-48-51-57(60)63-54-55(53-62-56(59)50-47-44-41-38-35-21-18-15-12-9-6-3)64-58(61)52-49-46-43-40-37-34-32-29-27-25-23-20-17-14-11-8-5-2/h15,17-18,20-21,25,27,30-31,35,55H,4-14,16,19,22-24,26,28-29,32-34,36-54H2,1-3H3/b18-15-,20-17-,27-25-,31-30-,35-21-. The van der Waals surface area contributed by atoms with E-state index in [1.165, 1.54) is 141 Å². The van der Waals surface area contributed by atoms with Gasteiger partial charge in [-0.25, -0.2) is 0 Å². The SMILES string of the molecule is CCCC/C=C\C=C/CCCCCC(=O)OCC(COC(=O)CCCCCCC/C=C\CCCCCCCCCCC)OC(=O)CCCCCCCCC/C=C\C/C=C\CCCCC. The molecular weight excluding hydrogens is 793 g/mol. The van der Waals surface area contributed by atoms with E-state index in [0.717, 1.165) is 89.9 Å². The van der Waals surface area contributed by atoms with Crippen LogP contribution in [-0.2, 0) is 28.6 Å². The first kappa shape index (κ1) is 61.1. The Morgan fingerprint density at radius 2 is 0.625 bits per heavy atom. The lowest BCUT2D eigenvalue weighted by molar-refractivity contribution is -0.167. The molecule has 0 rings (SSSR count). The third kappa shape index (κ3) is 50.1. The van der Waals surface area contributed by atoms with Crippen molar-refractivity contribution in [1.82, 2.24) is 0 Å². The van der Waals surface area contributed by atoms with Crippen molar-refractivity contribution >= 4 is 17.9 Å². The van der Waals surface area contributed by atoms with Crippen LogP contribution in [0.3, 0.4) is 0 Å². The minimum Gasteiger partial charge on any atom is -0.462 e. The molecule has 0 aromatic carbocycles.